The Morgan fingerprint density at radius 2 is 2.24 bits per heavy atom. The second kappa shape index (κ2) is 6.27. The number of hydrogen-bond donors (Lipinski definition) is 1. The lowest BCUT2D eigenvalue weighted by atomic mass is 10.2. The number of rotatable bonds is 4. The molecule has 2 N–H and O–H groups in total. The Hall–Kier alpha value is -1.52. The van der Waals surface area contributed by atoms with Crippen LogP contribution in [0.5, 0.6) is 5.75 Å². The van der Waals surface area contributed by atoms with E-state index in [1.54, 1.807) is 13.4 Å². The molecule has 0 fully saturated rings. The number of ether oxygens (including phenoxy) is 1. The fraction of sp³-hybridized carbons (Fsp3) is 0.250. The Kier molecular flexibility index (Phi) is 5.00. The van der Waals surface area contributed by atoms with Gasteiger partial charge < -0.3 is 15.0 Å². The topological polar surface area (TPSA) is 53.1 Å². The second-order valence-corrected chi connectivity index (χ2v) is 3.59. The third kappa shape index (κ3) is 3.47. The van der Waals surface area contributed by atoms with Crippen LogP contribution in [-0.2, 0) is 13.1 Å². The number of nitrogens with two attached hydrogens (primary N) is 1. The van der Waals surface area contributed by atoms with Crippen molar-refractivity contribution >= 4 is 12.4 Å². The van der Waals surface area contributed by atoms with Crippen LogP contribution in [0.4, 0.5) is 0 Å². The number of benzene rings is 1. The zero-order chi connectivity index (χ0) is 11.4. The van der Waals surface area contributed by atoms with Crippen molar-refractivity contribution < 1.29 is 4.74 Å². The summed E-state index contributed by atoms with van der Waals surface area (Å²) in [6.45, 7) is 1.26. The van der Waals surface area contributed by atoms with Gasteiger partial charge in [-0.05, 0) is 17.7 Å². The summed E-state index contributed by atoms with van der Waals surface area (Å²) in [5.74, 6) is 0.872. The first kappa shape index (κ1) is 13.5. The minimum atomic E-state index is 0. The van der Waals surface area contributed by atoms with Crippen LogP contribution in [0.3, 0.4) is 0 Å². The lowest BCUT2D eigenvalue weighted by Crippen LogP contribution is -1.98. The molecule has 0 unspecified atom stereocenters. The van der Waals surface area contributed by atoms with Gasteiger partial charge in [-0.1, -0.05) is 12.1 Å². The predicted molar refractivity (Wildman–Crippen MR) is 69.5 cm³/mol. The molecular weight excluding hydrogens is 238 g/mol. The molecule has 2 aromatic rings. The molecule has 1 aromatic heterocycles. The summed E-state index contributed by atoms with van der Waals surface area (Å²) < 4.78 is 7.18. The summed E-state index contributed by atoms with van der Waals surface area (Å²) in [5, 5.41) is 0. The van der Waals surface area contributed by atoms with E-state index in [4.69, 9.17) is 10.5 Å². The van der Waals surface area contributed by atoms with E-state index in [2.05, 4.69) is 11.1 Å². The fourth-order valence-electron chi connectivity index (χ4n) is 1.58. The Balaban J connectivity index is 0.00000144. The van der Waals surface area contributed by atoms with Crippen LogP contribution in [0.1, 0.15) is 11.3 Å². The van der Waals surface area contributed by atoms with Crippen LogP contribution in [0.2, 0.25) is 0 Å². The van der Waals surface area contributed by atoms with Gasteiger partial charge in [0.25, 0.3) is 0 Å². The molecule has 0 amide bonds. The monoisotopic (exact) mass is 253 g/mol. The van der Waals surface area contributed by atoms with Crippen molar-refractivity contribution in [2.24, 2.45) is 5.73 Å². The highest BCUT2D eigenvalue weighted by atomic mass is 35.5. The van der Waals surface area contributed by atoms with E-state index in [0.717, 1.165) is 18.0 Å². The molecule has 1 heterocycles. The van der Waals surface area contributed by atoms with Crippen molar-refractivity contribution in [3.63, 3.8) is 0 Å². The predicted octanol–water partition coefficient (Wildman–Crippen LogP) is 1.82. The van der Waals surface area contributed by atoms with Crippen molar-refractivity contribution in [3.05, 3.63) is 48.0 Å². The van der Waals surface area contributed by atoms with E-state index >= 15 is 0 Å². The lowest BCUT2D eigenvalue weighted by Gasteiger charge is -2.04. The Labute approximate surface area is 107 Å². The highest BCUT2D eigenvalue weighted by Gasteiger charge is 1.99. The van der Waals surface area contributed by atoms with Crippen molar-refractivity contribution in [2.45, 2.75) is 13.1 Å². The fourth-order valence-corrected chi connectivity index (χ4v) is 1.58. The largest absolute Gasteiger partial charge is 0.497 e. The summed E-state index contributed by atoms with van der Waals surface area (Å²) in [5.41, 5.74) is 7.59. The molecule has 92 valence electrons. The quantitative estimate of drug-likeness (QED) is 0.904. The number of aromatic nitrogens is 2. The summed E-state index contributed by atoms with van der Waals surface area (Å²) in [6, 6.07) is 7.99. The first-order valence-corrected chi connectivity index (χ1v) is 5.15. The van der Waals surface area contributed by atoms with Gasteiger partial charge in [-0.15, -0.1) is 12.4 Å². The number of halogens is 1. The first-order chi connectivity index (χ1) is 7.81. The van der Waals surface area contributed by atoms with Crippen LogP contribution in [-0.4, -0.2) is 16.7 Å². The molecule has 0 bridgehead atoms. The molecule has 0 aliphatic carbocycles. The van der Waals surface area contributed by atoms with Crippen LogP contribution < -0.4 is 10.5 Å². The maximum Gasteiger partial charge on any atom is 0.119 e. The lowest BCUT2D eigenvalue weighted by molar-refractivity contribution is 0.414. The molecule has 0 saturated heterocycles. The van der Waals surface area contributed by atoms with Crippen LogP contribution in [0.15, 0.2) is 36.8 Å². The maximum atomic E-state index is 5.51. The average molecular weight is 254 g/mol. The van der Waals surface area contributed by atoms with E-state index in [1.165, 1.54) is 5.56 Å². The van der Waals surface area contributed by atoms with E-state index < -0.39 is 0 Å². The summed E-state index contributed by atoms with van der Waals surface area (Å²) in [4.78, 5) is 4.18. The van der Waals surface area contributed by atoms with Gasteiger partial charge in [-0.25, -0.2) is 4.98 Å². The second-order valence-electron chi connectivity index (χ2n) is 3.59. The van der Waals surface area contributed by atoms with E-state index in [9.17, 15) is 0 Å². The summed E-state index contributed by atoms with van der Waals surface area (Å²) >= 11 is 0. The average Bonchev–Trinajstić information content (AvgIpc) is 2.77. The van der Waals surface area contributed by atoms with Gasteiger partial charge in [0, 0.05) is 19.3 Å². The number of methoxy groups -OCH3 is 1. The molecule has 0 aliphatic rings. The van der Waals surface area contributed by atoms with Crippen LogP contribution in [0, 0.1) is 0 Å². The minimum Gasteiger partial charge on any atom is -0.497 e. The molecule has 17 heavy (non-hydrogen) atoms. The van der Waals surface area contributed by atoms with Crippen LogP contribution >= 0.6 is 12.4 Å². The van der Waals surface area contributed by atoms with Gasteiger partial charge in [-0.2, -0.15) is 0 Å². The molecular formula is C12H16ClN3O. The molecule has 0 aliphatic heterocycles. The van der Waals surface area contributed by atoms with E-state index in [1.807, 2.05) is 29.0 Å². The highest BCUT2D eigenvalue weighted by Crippen LogP contribution is 2.13. The zero-order valence-corrected chi connectivity index (χ0v) is 10.5. The molecule has 4 nitrogen and oxygen atoms in total. The number of imidazole rings is 1. The van der Waals surface area contributed by atoms with Crippen molar-refractivity contribution in [3.8, 4) is 5.75 Å². The van der Waals surface area contributed by atoms with Gasteiger partial charge in [0.15, 0.2) is 0 Å². The van der Waals surface area contributed by atoms with Crippen molar-refractivity contribution in [1.29, 1.82) is 0 Å². The molecule has 0 saturated carbocycles. The maximum absolute atomic E-state index is 5.51. The Morgan fingerprint density at radius 3 is 2.88 bits per heavy atom. The Morgan fingerprint density at radius 1 is 1.41 bits per heavy atom. The van der Waals surface area contributed by atoms with Crippen molar-refractivity contribution in [2.75, 3.05) is 7.11 Å². The van der Waals surface area contributed by atoms with E-state index in [0.29, 0.717) is 6.54 Å². The standard InChI is InChI=1S/C12H15N3O.ClH/c1-16-12-4-2-3-10(5-12)7-15-8-11(6-13)14-9-15;/h2-5,8-9H,6-7,13H2,1H3;1H. The minimum absolute atomic E-state index is 0. The normalized spacial score (nSPS) is 9.76. The number of hydrogen-bond acceptors (Lipinski definition) is 3. The molecule has 1 aromatic carbocycles. The van der Waals surface area contributed by atoms with Gasteiger partial charge in [0.05, 0.1) is 19.1 Å². The smallest absolute Gasteiger partial charge is 0.119 e. The molecule has 2 rings (SSSR count). The zero-order valence-electron chi connectivity index (χ0n) is 9.67. The molecule has 0 spiro atoms. The van der Waals surface area contributed by atoms with Crippen LogP contribution in [0.25, 0.3) is 0 Å². The summed E-state index contributed by atoms with van der Waals surface area (Å²) in [7, 11) is 1.67. The van der Waals surface area contributed by atoms with E-state index in [-0.39, 0.29) is 12.4 Å². The SMILES string of the molecule is COc1cccc(Cn2cnc(CN)c2)c1.Cl. The third-order valence-electron chi connectivity index (χ3n) is 2.40. The molecule has 5 heteroatoms. The summed E-state index contributed by atoms with van der Waals surface area (Å²) in [6.07, 6.45) is 3.75. The molecule has 0 atom stereocenters. The van der Waals surface area contributed by atoms with Gasteiger partial charge in [0.1, 0.15) is 5.75 Å². The van der Waals surface area contributed by atoms with Crippen molar-refractivity contribution in [1.82, 2.24) is 9.55 Å². The first-order valence-electron chi connectivity index (χ1n) is 5.15. The molecule has 0 radical (unpaired) electrons. The Bertz CT molecular complexity index is 470. The van der Waals surface area contributed by atoms with Gasteiger partial charge >= 0.3 is 0 Å². The van der Waals surface area contributed by atoms with Gasteiger partial charge in [0.2, 0.25) is 0 Å². The number of nitrogens with zero attached hydrogens (tertiary/aromatic N) is 2. The highest BCUT2D eigenvalue weighted by molar-refractivity contribution is 5.85. The third-order valence-corrected chi connectivity index (χ3v) is 2.40. The van der Waals surface area contributed by atoms with Gasteiger partial charge in [-0.3, -0.25) is 0 Å².